The molecule has 0 saturated heterocycles. The van der Waals surface area contributed by atoms with Crippen LogP contribution in [0.4, 0.5) is 20.4 Å². The minimum absolute atomic E-state index is 0.0356. The van der Waals surface area contributed by atoms with Crippen molar-refractivity contribution < 1.29 is 8.78 Å². The monoisotopic (exact) mass is 463 g/mol. The second kappa shape index (κ2) is 11.2. The fourth-order valence-corrected chi connectivity index (χ4v) is 3.48. The summed E-state index contributed by atoms with van der Waals surface area (Å²) in [4.78, 5) is 18.7. The Morgan fingerprint density at radius 1 is 1.09 bits per heavy atom. The van der Waals surface area contributed by atoms with Crippen molar-refractivity contribution in [3.05, 3.63) is 59.0 Å². The molecule has 32 heavy (non-hydrogen) atoms. The first-order chi connectivity index (χ1) is 15.4. The molecule has 0 aliphatic heterocycles. The van der Waals surface area contributed by atoms with Crippen LogP contribution in [0, 0.1) is 11.6 Å². The summed E-state index contributed by atoms with van der Waals surface area (Å²) >= 11 is 0.651. The van der Waals surface area contributed by atoms with E-state index in [-0.39, 0.29) is 27.8 Å². The molecule has 5 rings (SSSR count). The van der Waals surface area contributed by atoms with E-state index in [1.807, 2.05) is 0 Å². The lowest BCUT2D eigenvalue weighted by Gasteiger charge is -2.07. The van der Waals surface area contributed by atoms with E-state index in [0.717, 1.165) is 12.8 Å². The largest absolute Gasteiger partial charge is 0.343 e. The molecule has 2 heterocycles. The maximum absolute atomic E-state index is 13.6. The first-order valence-corrected chi connectivity index (χ1v) is 11.3. The molecule has 2 aliphatic carbocycles. The summed E-state index contributed by atoms with van der Waals surface area (Å²) in [6.45, 7) is 2.06. The summed E-state index contributed by atoms with van der Waals surface area (Å²) in [6.07, 6.45) is 14.2. The smallest absolute Gasteiger partial charge is 0.322 e. The third-order valence-corrected chi connectivity index (χ3v) is 5.91. The van der Waals surface area contributed by atoms with Crippen LogP contribution in [-0.2, 0) is 5.54 Å². The van der Waals surface area contributed by atoms with E-state index in [9.17, 15) is 13.6 Å². The van der Waals surface area contributed by atoms with Gasteiger partial charge in [0, 0.05) is 17.9 Å². The zero-order valence-electron chi connectivity index (χ0n) is 17.9. The van der Waals surface area contributed by atoms with Gasteiger partial charge in [0.2, 0.25) is 5.95 Å². The van der Waals surface area contributed by atoms with Crippen LogP contribution in [-0.4, -0.2) is 24.7 Å². The molecular formula is C21H27F2N7OS. The van der Waals surface area contributed by atoms with Crippen molar-refractivity contribution in [2.24, 2.45) is 5.14 Å². The van der Waals surface area contributed by atoms with Crippen molar-refractivity contribution in [2.75, 3.05) is 5.32 Å². The molecule has 0 atom stereocenters. The van der Waals surface area contributed by atoms with Crippen molar-refractivity contribution in [1.29, 1.82) is 0 Å². The topological polar surface area (TPSA) is 115 Å². The fourth-order valence-electron chi connectivity index (χ4n) is 3.14. The molecule has 0 bridgehead atoms. The molecule has 8 nitrogen and oxygen atoms in total. The highest BCUT2D eigenvalue weighted by molar-refractivity contribution is 7.97. The highest BCUT2D eigenvalue weighted by Gasteiger charge is 2.40. The summed E-state index contributed by atoms with van der Waals surface area (Å²) in [7, 11) is 0. The van der Waals surface area contributed by atoms with Gasteiger partial charge in [0.1, 0.15) is 6.33 Å². The molecular weight excluding hydrogens is 436 g/mol. The van der Waals surface area contributed by atoms with Crippen molar-refractivity contribution in [1.82, 2.24) is 24.7 Å². The first-order valence-electron chi connectivity index (χ1n) is 10.5. The molecule has 3 aromatic rings. The summed E-state index contributed by atoms with van der Waals surface area (Å²) in [5, 5.41) is 13.8. The average molecular weight is 464 g/mol. The maximum atomic E-state index is 13.6. The van der Waals surface area contributed by atoms with Gasteiger partial charge in [0.25, 0.3) is 0 Å². The van der Waals surface area contributed by atoms with Gasteiger partial charge in [-0.25, -0.2) is 28.6 Å². The molecule has 0 spiro atoms. The van der Waals surface area contributed by atoms with Crippen molar-refractivity contribution in [3.8, 4) is 0 Å². The molecule has 2 aliphatic rings. The van der Waals surface area contributed by atoms with Gasteiger partial charge in [-0.1, -0.05) is 32.1 Å². The van der Waals surface area contributed by atoms with Gasteiger partial charge in [0.05, 0.1) is 10.6 Å². The Kier molecular flexibility index (Phi) is 8.34. The molecule has 0 amide bonds. The first kappa shape index (κ1) is 23.9. The standard InChI is InChI=1S/C10H8F2N4S.C6H9N3O.C5H10/c11-8-6(2-3-7(17-13)9(8)12)16-10-14-4-1-5-15-10;1-6(2-3-6)9-4-7-8-5(9)10;1-2-4-5-3-1/h1-5H,13H2,(H,14,15,16);4H,2-3H2,1H3,(H,8,10);1-5H2. The minimum atomic E-state index is -1.01. The number of nitrogens with one attached hydrogen (secondary N) is 2. The normalized spacial score (nSPS) is 15.8. The van der Waals surface area contributed by atoms with Crippen molar-refractivity contribution in [2.45, 2.75) is 62.3 Å². The van der Waals surface area contributed by atoms with E-state index in [2.05, 4.69) is 32.4 Å². The van der Waals surface area contributed by atoms with Crippen LogP contribution < -0.4 is 16.1 Å². The lowest BCUT2D eigenvalue weighted by molar-refractivity contribution is 0.494. The Bertz CT molecular complexity index is 1040. The number of nitrogens with two attached hydrogens (primary N) is 1. The van der Waals surface area contributed by atoms with E-state index in [1.54, 1.807) is 17.0 Å². The quantitative estimate of drug-likeness (QED) is 0.488. The number of aromatic nitrogens is 5. The molecule has 11 heteroatoms. The SMILES string of the molecule is C1CCCC1.CC1(n2cn[nH]c2=O)CC1.NSc1ccc(Nc2ncccn2)c(F)c1F. The number of H-pyrrole nitrogens is 1. The molecule has 172 valence electrons. The van der Waals surface area contributed by atoms with E-state index in [4.69, 9.17) is 5.14 Å². The fraction of sp³-hybridized carbons (Fsp3) is 0.429. The third-order valence-electron chi connectivity index (χ3n) is 5.34. The van der Waals surface area contributed by atoms with E-state index in [0.29, 0.717) is 11.9 Å². The number of anilines is 2. The summed E-state index contributed by atoms with van der Waals surface area (Å²) < 4.78 is 28.6. The number of hydrogen-bond acceptors (Lipinski definition) is 7. The number of aromatic amines is 1. The van der Waals surface area contributed by atoms with Gasteiger partial charge >= 0.3 is 5.69 Å². The zero-order valence-corrected chi connectivity index (χ0v) is 18.7. The van der Waals surface area contributed by atoms with Crippen LogP contribution in [0.1, 0.15) is 51.9 Å². The van der Waals surface area contributed by atoms with E-state index in [1.165, 1.54) is 56.6 Å². The van der Waals surface area contributed by atoms with Gasteiger partial charge < -0.3 is 5.32 Å². The Morgan fingerprint density at radius 2 is 1.72 bits per heavy atom. The average Bonchev–Trinajstić information content (AvgIpc) is 3.21. The summed E-state index contributed by atoms with van der Waals surface area (Å²) in [5.41, 5.74) is -0.0594. The molecule has 0 unspecified atom stereocenters. The van der Waals surface area contributed by atoms with Crippen LogP contribution in [0.25, 0.3) is 0 Å². The van der Waals surface area contributed by atoms with Crippen LogP contribution >= 0.6 is 11.9 Å². The maximum Gasteiger partial charge on any atom is 0.343 e. The second-order valence-corrected chi connectivity index (χ2v) is 8.53. The number of hydrogen-bond donors (Lipinski definition) is 3. The molecule has 1 aromatic carbocycles. The summed E-state index contributed by atoms with van der Waals surface area (Å²) in [5.74, 6) is -1.80. The van der Waals surface area contributed by atoms with Crippen LogP contribution in [0.2, 0.25) is 0 Å². The molecule has 0 radical (unpaired) electrons. The van der Waals surface area contributed by atoms with Crippen LogP contribution in [0.5, 0.6) is 0 Å². The number of halogens is 2. The Balaban J connectivity index is 0.000000160. The van der Waals surface area contributed by atoms with Gasteiger partial charge in [-0.3, -0.25) is 9.71 Å². The van der Waals surface area contributed by atoms with Crippen molar-refractivity contribution in [3.63, 3.8) is 0 Å². The lowest BCUT2D eigenvalue weighted by Crippen LogP contribution is -2.24. The number of nitrogens with zero attached hydrogens (tertiary/aromatic N) is 4. The van der Waals surface area contributed by atoms with Gasteiger partial charge in [-0.05, 0) is 49.9 Å². The number of benzene rings is 1. The van der Waals surface area contributed by atoms with E-state index >= 15 is 0 Å². The lowest BCUT2D eigenvalue weighted by atomic mass is 10.3. The Hall–Kier alpha value is -2.79. The van der Waals surface area contributed by atoms with Gasteiger partial charge in [-0.15, -0.1) is 0 Å². The van der Waals surface area contributed by atoms with Gasteiger partial charge in [0.15, 0.2) is 11.6 Å². The Morgan fingerprint density at radius 3 is 2.22 bits per heavy atom. The van der Waals surface area contributed by atoms with Crippen LogP contribution in [0.3, 0.4) is 0 Å². The predicted molar refractivity (Wildman–Crippen MR) is 121 cm³/mol. The summed E-state index contributed by atoms with van der Waals surface area (Å²) in [6, 6.07) is 4.38. The second-order valence-electron chi connectivity index (χ2n) is 7.85. The third kappa shape index (κ3) is 6.36. The minimum Gasteiger partial charge on any atom is -0.322 e. The number of rotatable bonds is 4. The molecule has 2 saturated carbocycles. The van der Waals surface area contributed by atoms with Crippen molar-refractivity contribution >= 4 is 23.6 Å². The highest BCUT2D eigenvalue weighted by atomic mass is 32.2. The Labute approximate surface area is 189 Å². The molecule has 2 fully saturated rings. The van der Waals surface area contributed by atoms with Crippen LogP contribution in [0.15, 0.2) is 46.6 Å². The molecule has 2 aromatic heterocycles. The predicted octanol–water partition coefficient (Wildman–Crippen LogP) is 4.50. The molecule has 4 N–H and O–H groups in total. The zero-order chi connectivity index (χ0) is 23.0. The highest BCUT2D eigenvalue weighted by Crippen LogP contribution is 2.41. The van der Waals surface area contributed by atoms with Gasteiger partial charge in [-0.2, -0.15) is 5.10 Å². The van der Waals surface area contributed by atoms with E-state index < -0.39 is 11.6 Å².